The largest absolute Gasteiger partial charge is 0.743 e. The van der Waals surface area contributed by atoms with E-state index >= 15 is 0 Å². The maximum absolute atomic E-state index is 10.8. The van der Waals surface area contributed by atoms with Crippen LogP contribution in [0, 0.1) is 0 Å². The first-order valence-electron chi connectivity index (χ1n) is 4.64. The molecule has 0 radical (unpaired) electrons. The first kappa shape index (κ1) is 12.9. The fourth-order valence-corrected chi connectivity index (χ4v) is 2.33. The lowest BCUT2D eigenvalue weighted by molar-refractivity contribution is -0.871. The van der Waals surface area contributed by atoms with Gasteiger partial charge in [0.05, 0.1) is 14.1 Å². The topological polar surface area (TPSA) is 61.6 Å². The molecule has 0 bridgehead atoms. The summed E-state index contributed by atoms with van der Waals surface area (Å²) < 4.78 is 32.4. The highest BCUT2D eigenvalue weighted by atomic mass is 32.2. The van der Waals surface area contributed by atoms with Crippen LogP contribution in [0.3, 0.4) is 0 Å². The van der Waals surface area contributed by atoms with E-state index in [0.29, 0.717) is 11.3 Å². The maximum Gasteiger partial charge on any atom is 0.177 e. The summed E-state index contributed by atoms with van der Waals surface area (Å²) in [5.74, 6) is 0. The van der Waals surface area contributed by atoms with E-state index in [2.05, 4.69) is 0 Å². The Kier molecular flexibility index (Phi) is 5.51. The summed E-state index contributed by atoms with van der Waals surface area (Å²) in [4.78, 5) is 0.700. The van der Waals surface area contributed by atoms with E-state index in [1.54, 1.807) is 14.1 Å². The molecule has 0 saturated carbocycles. The third-order valence-electron chi connectivity index (χ3n) is 2.06. The van der Waals surface area contributed by atoms with Crippen LogP contribution in [0.4, 0.5) is 0 Å². The van der Waals surface area contributed by atoms with Crippen LogP contribution >= 0.6 is 0 Å². The molecule has 0 aliphatic rings. The van der Waals surface area contributed by atoms with Crippen molar-refractivity contribution in [1.29, 1.82) is 0 Å². The van der Waals surface area contributed by atoms with Crippen LogP contribution in [0.15, 0.2) is 0 Å². The molecule has 0 aromatic carbocycles. The van der Waals surface area contributed by atoms with Gasteiger partial charge in [0.2, 0.25) is 0 Å². The van der Waals surface area contributed by atoms with E-state index in [-0.39, 0.29) is 0 Å². The average molecular weight is 209 g/mol. The van der Waals surface area contributed by atoms with E-state index in [9.17, 15) is 13.0 Å². The normalized spacial score (nSPS) is 14.8. The molecule has 0 heterocycles. The minimum Gasteiger partial charge on any atom is -0.743 e. The van der Waals surface area contributed by atoms with Crippen molar-refractivity contribution >= 4 is 10.1 Å². The van der Waals surface area contributed by atoms with Crippen molar-refractivity contribution in [2.24, 2.45) is 0 Å². The van der Waals surface area contributed by atoms with Crippen LogP contribution in [0.5, 0.6) is 0 Å². The van der Waals surface area contributed by atoms with Gasteiger partial charge in [0.25, 0.3) is 0 Å². The molecule has 80 valence electrons. The second-order valence-corrected chi connectivity index (χ2v) is 5.11. The molecule has 1 atom stereocenters. The van der Waals surface area contributed by atoms with Gasteiger partial charge in [-0.3, -0.25) is 0 Å². The Labute approximate surface area is 80.7 Å². The molecule has 0 amide bonds. The third kappa shape index (κ3) is 5.23. The fourth-order valence-electron chi connectivity index (χ4n) is 1.30. The molecular formula is C8H19NO3S. The van der Waals surface area contributed by atoms with Crippen LogP contribution < -0.4 is 4.90 Å². The predicted octanol–water partition coefficient (Wildman–Crippen LogP) is -0.417. The van der Waals surface area contributed by atoms with Gasteiger partial charge >= 0.3 is 0 Å². The highest BCUT2D eigenvalue weighted by Crippen LogP contribution is 2.04. The van der Waals surface area contributed by atoms with E-state index in [4.69, 9.17) is 0 Å². The van der Waals surface area contributed by atoms with Gasteiger partial charge in [-0.2, -0.15) is 0 Å². The van der Waals surface area contributed by atoms with Gasteiger partial charge in [0.1, 0.15) is 10.1 Å². The fraction of sp³-hybridized carbons (Fsp3) is 1.00. The molecule has 13 heavy (non-hydrogen) atoms. The van der Waals surface area contributed by atoms with Crippen molar-refractivity contribution in [2.75, 3.05) is 14.1 Å². The van der Waals surface area contributed by atoms with Gasteiger partial charge in [-0.15, -0.1) is 0 Å². The van der Waals surface area contributed by atoms with Crippen molar-refractivity contribution in [3.05, 3.63) is 0 Å². The zero-order valence-corrected chi connectivity index (χ0v) is 9.36. The van der Waals surface area contributed by atoms with Crippen LogP contribution in [-0.2, 0) is 10.1 Å². The van der Waals surface area contributed by atoms with E-state index < -0.39 is 15.5 Å². The second kappa shape index (κ2) is 5.57. The lowest BCUT2D eigenvalue weighted by Gasteiger charge is -2.23. The second-order valence-electron chi connectivity index (χ2n) is 3.55. The van der Waals surface area contributed by atoms with Crippen LogP contribution in [0.1, 0.15) is 32.6 Å². The van der Waals surface area contributed by atoms with E-state index in [0.717, 1.165) is 19.3 Å². The van der Waals surface area contributed by atoms with Gasteiger partial charge in [-0.1, -0.05) is 19.8 Å². The Morgan fingerprint density at radius 2 is 1.85 bits per heavy atom. The molecule has 0 rings (SSSR count). The summed E-state index contributed by atoms with van der Waals surface area (Å²) in [6.45, 7) is 2.04. The number of rotatable bonds is 6. The standard InChI is InChI=1S/C8H19NO3S/c1-4-5-6-7-8(9(2)3)13(10,11)12/h8H,4-7H2,1-3H3,(H,10,11,12). The number of unbranched alkanes of at least 4 members (excludes halogenated alkanes) is 2. The van der Waals surface area contributed by atoms with E-state index in [1.807, 2.05) is 6.92 Å². The Hall–Kier alpha value is -0.130. The predicted molar refractivity (Wildman–Crippen MR) is 50.4 cm³/mol. The summed E-state index contributed by atoms with van der Waals surface area (Å²) in [6.07, 6.45) is 3.31. The zero-order chi connectivity index (χ0) is 10.5. The molecule has 4 nitrogen and oxygen atoms in total. The number of quaternary nitrogens is 1. The Morgan fingerprint density at radius 1 is 1.31 bits per heavy atom. The van der Waals surface area contributed by atoms with Crippen LogP contribution in [-0.4, -0.2) is 32.4 Å². The molecule has 0 aromatic heterocycles. The van der Waals surface area contributed by atoms with Gasteiger partial charge in [0.15, 0.2) is 5.37 Å². The first-order chi connectivity index (χ1) is 5.89. The van der Waals surface area contributed by atoms with Crippen molar-refractivity contribution in [3.63, 3.8) is 0 Å². The van der Waals surface area contributed by atoms with E-state index in [1.165, 1.54) is 0 Å². The molecule has 1 N–H and O–H groups in total. The quantitative estimate of drug-likeness (QED) is 0.477. The average Bonchev–Trinajstić information content (AvgIpc) is 1.94. The maximum atomic E-state index is 10.8. The summed E-state index contributed by atoms with van der Waals surface area (Å²) in [5, 5.41) is -0.779. The molecule has 1 unspecified atom stereocenters. The lowest BCUT2D eigenvalue weighted by atomic mass is 10.2. The molecule has 0 aliphatic heterocycles. The summed E-state index contributed by atoms with van der Waals surface area (Å²) >= 11 is 0. The minimum absolute atomic E-state index is 0.474. The highest BCUT2D eigenvalue weighted by Gasteiger charge is 2.21. The van der Waals surface area contributed by atoms with Crippen LogP contribution in [0.25, 0.3) is 0 Å². The molecule has 0 fully saturated rings. The first-order valence-corrected chi connectivity index (χ1v) is 6.11. The smallest absolute Gasteiger partial charge is 0.177 e. The molecule has 0 aromatic rings. The zero-order valence-electron chi connectivity index (χ0n) is 8.54. The lowest BCUT2D eigenvalue weighted by Crippen LogP contribution is -3.11. The molecular weight excluding hydrogens is 190 g/mol. The number of hydrogen-bond acceptors (Lipinski definition) is 3. The minimum atomic E-state index is -4.13. The SMILES string of the molecule is CCCCCC([NH+](C)C)S(=O)(=O)[O-]. The van der Waals surface area contributed by atoms with Crippen molar-refractivity contribution in [1.82, 2.24) is 0 Å². The Bertz CT molecular complexity index is 224. The Morgan fingerprint density at radius 3 is 2.15 bits per heavy atom. The number of hydrogen-bond donors (Lipinski definition) is 1. The Balaban J connectivity index is 4.13. The highest BCUT2D eigenvalue weighted by molar-refractivity contribution is 7.86. The molecule has 0 saturated heterocycles. The van der Waals surface area contributed by atoms with Gasteiger partial charge in [-0.25, -0.2) is 8.42 Å². The van der Waals surface area contributed by atoms with Gasteiger partial charge < -0.3 is 9.45 Å². The molecule has 0 aliphatic carbocycles. The molecule has 5 heteroatoms. The molecule has 0 spiro atoms. The van der Waals surface area contributed by atoms with Crippen molar-refractivity contribution in [2.45, 2.75) is 38.0 Å². The van der Waals surface area contributed by atoms with Crippen molar-refractivity contribution in [3.8, 4) is 0 Å². The summed E-state index contributed by atoms with van der Waals surface area (Å²) in [6, 6.07) is 0. The summed E-state index contributed by atoms with van der Waals surface area (Å²) in [5.41, 5.74) is 0. The summed E-state index contributed by atoms with van der Waals surface area (Å²) in [7, 11) is -0.731. The van der Waals surface area contributed by atoms with Gasteiger partial charge in [0, 0.05) is 6.42 Å². The number of nitrogens with one attached hydrogen (secondary N) is 1. The third-order valence-corrected chi connectivity index (χ3v) is 3.47. The van der Waals surface area contributed by atoms with Crippen LogP contribution in [0.2, 0.25) is 0 Å². The van der Waals surface area contributed by atoms with Gasteiger partial charge in [-0.05, 0) is 6.42 Å². The van der Waals surface area contributed by atoms with Crippen molar-refractivity contribution < 1.29 is 17.9 Å². The monoisotopic (exact) mass is 209 g/mol.